The van der Waals surface area contributed by atoms with Crippen molar-refractivity contribution < 1.29 is 17.9 Å². The molecule has 0 unspecified atom stereocenters. The van der Waals surface area contributed by atoms with E-state index in [1.807, 2.05) is 0 Å². The molecule has 0 radical (unpaired) electrons. The van der Waals surface area contributed by atoms with E-state index in [-0.39, 0.29) is 17.3 Å². The summed E-state index contributed by atoms with van der Waals surface area (Å²) in [4.78, 5) is 15.8. The summed E-state index contributed by atoms with van der Waals surface area (Å²) in [5.74, 6) is -0.320. The summed E-state index contributed by atoms with van der Waals surface area (Å²) in [5.41, 5.74) is 4.11. The normalized spacial score (nSPS) is 11.6. The van der Waals surface area contributed by atoms with Crippen LogP contribution >= 0.6 is 11.3 Å². The van der Waals surface area contributed by atoms with Crippen molar-refractivity contribution in [2.45, 2.75) is 18.2 Å². The van der Waals surface area contributed by atoms with Crippen molar-refractivity contribution in [3.05, 3.63) is 40.9 Å². The molecule has 8 nitrogen and oxygen atoms in total. The maximum absolute atomic E-state index is 11.6. The second-order valence-corrected chi connectivity index (χ2v) is 7.52. The molecule has 1 aromatic carbocycles. The summed E-state index contributed by atoms with van der Waals surface area (Å²) < 4.78 is 30.4. The molecule has 0 spiro atoms. The minimum Gasteiger partial charge on any atom is -0.466 e. The highest BCUT2D eigenvalue weighted by atomic mass is 32.2. The molecule has 0 saturated carbocycles. The van der Waals surface area contributed by atoms with Crippen LogP contribution in [0.3, 0.4) is 0 Å². The topological polar surface area (TPSA) is 110 Å². The van der Waals surface area contributed by atoms with E-state index in [2.05, 4.69) is 20.2 Å². The molecule has 0 aliphatic rings. The van der Waals surface area contributed by atoms with E-state index in [1.54, 1.807) is 30.7 Å². The Morgan fingerprint density at radius 2 is 2.08 bits per heavy atom. The molecule has 0 aliphatic heterocycles. The number of nitrogens with one attached hydrogen (secondary N) is 2. The average molecular weight is 382 g/mol. The van der Waals surface area contributed by atoms with Crippen LogP contribution in [0.2, 0.25) is 0 Å². The number of hydrazone groups is 1. The van der Waals surface area contributed by atoms with Gasteiger partial charge in [-0.1, -0.05) is 12.1 Å². The van der Waals surface area contributed by atoms with Crippen LogP contribution in [-0.4, -0.2) is 39.2 Å². The molecular formula is C15H18N4O4S2. The zero-order chi connectivity index (χ0) is 18.3. The fourth-order valence-electron chi connectivity index (χ4n) is 1.81. The summed E-state index contributed by atoms with van der Waals surface area (Å²) >= 11 is 1.32. The van der Waals surface area contributed by atoms with Gasteiger partial charge in [0.1, 0.15) is 0 Å². The lowest BCUT2D eigenvalue weighted by molar-refractivity contribution is -0.142. The van der Waals surface area contributed by atoms with Gasteiger partial charge in [-0.25, -0.2) is 18.1 Å². The first-order valence-electron chi connectivity index (χ1n) is 7.37. The minimum absolute atomic E-state index is 0.122. The molecule has 0 aliphatic carbocycles. The predicted octanol–water partition coefficient (Wildman–Crippen LogP) is 1.60. The van der Waals surface area contributed by atoms with Gasteiger partial charge in [-0.2, -0.15) is 5.10 Å². The monoisotopic (exact) mass is 382 g/mol. The van der Waals surface area contributed by atoms with E-state index in [0.717, 1.165) is 5.56 Å². The van der Waals surface area contributed by atoms with Crippen molar-refractivity contribution >= 4 is 38.7 Å². The first kappa shape index (κ1) is 19.0. The van der Waals surface area contributed by atoms with Gasteiger partial charge < -0.3 is 4.74 Å². The molecule has 2 N–H and O–H groups in total. The van der Waals surface area contributed by atoms with E-state index in [0.29, 0.717) is 17.4 Å². The van der Waals surface area contributed by atoms with Crippen molar-refractivity contribution in [3.63, 3.8) is 0 Å². The van der Waals surface area contributed by atoms with Crippen LogP contribution in [-0.2, 0) is 26.0 Å². The molecule has 0 bridgehead atoms. The predicted molar refractivity (Wildman–Crippen MR) is 96.4 cm³/mol. The molecule has 2 rings (SSSR count). The highest BCUT2D eigenvalue weighted by Gasteiger charge is 2.10. The van der Waals surface area contributed by atoms with Gasteiger partial charge in [-0.05, 0) is 31.7 Å². The van der Waals surface area contributed by atoms with Crippen molar-refractivity contribution in [2.24, 2.45) is 5.10 Å². The van der Waals surface area contributed by atoms with Gasteiger partial charge in [0.15, 0.2) is 0 Å². The van der Waals surface area contributed by atoms with Gasteiger partial charge in [0.05, 0.1) is 29.8 Å². The average Bonchev–Trinajstić information content (AvgIpc) is 3.03. The Morgan fingerprint density at radius 1 is 1.36 bits per heavy atom. The number of rotatable bonds is 8. The fourth-order valence-corrected chi connectivity index (χ4v) is 3.20. The van der Waals surface area contributed by atoms with Crippen molar-refractivity contribution in [1.29, 1.82) is 0 Å². The molecular weight excluding hydrogens is 364 g/mol. The Morgan fingerprint density at radius 3 is 2.72 bits per heavy atom. The maximum Gasteiger partial charge on any atom is 0.311 e. The molecule has 0 saturated heterocycles. The summed E-state index contributed by atoms with van der Waals surface area (Å²) in [6.45, 7) is 2.09. The van der Waals surface area contributed by atoms with Gasteiger partial charge in [-0.15, -0.1) is 11.3 Å². The number of nitrogens with zero attached hydrogens (tertiary/aromatic N) is 2. The molecule has 2 aromatic rings. The fraction of sp³-hybridized carbons (Fsp3) is 0.267. The summed E-state index contributed by atoms with van der Waals surface area (Å²) in [7, 11) is -2.09. The van der Waals surface area contributed by atoms with Crippen LogP contribution in [0.15, 0.2) is 39.6 Å². The molecule has 10 heteroatoms. The molecule has 1 aromatic heterocycles. The van der Waals surface area contributed by atoms with Gasteiger partial charge in [-0.3, -0.25) is 10.2 Å². The maximum atomic E-state index is 11.6. The van der Waals surface area contributed by atoms with E-state index in [1.165, 1.54) is 30.5 Å². The third-order valence-electron chi connectivity index (χ3n) is 3.02. The number of ether oxygens (including phenoxy) is 1. The Kier molecular flexibility index (Phi) is 6.62. The first-order chi connectivity index (χ1) is 11.9. The molecule has 0 atom stereocenters. The Hall–Kier alpha value is -2.30. The minimum atomic E-state index is -3.45. The van der Waals surface area contributed by atoms with E-state index in [4.69, 9.17) is 4.74 Å². The number of carbonyl (C=O) groups excluding carboxylic acids is 1. The lowest BCUT2D eigenvalue weighted by Crippen LogP contribution is -2.18. The SMILES string of the molecule is CCOC(=O)Cc1csc(NN=Cc2ccc(S(=O)(=O)NC)cc2)n1. The number of carbonyl (C=O) groups is 1. The second-order valence-electron chi connectivity index (χ2n) is 4.77. The van der Waals surface area contributed by atoms with Gasteiger partial charge >= 0.3 is 5.97 Å². The summed E-state index contributed by atoms with van der Waals surface area (Å²) in [5, 5.41) is 6.35. The number of thiazole rings is 1. The van der Waals surface area contributed by atoms with E-state index >= 15 is 0 Å². The van der Waals surface area contributed by atoms with Crippen molar-refractivity contribution in [1.82, 2.24) is 9.71 Å². The second kappa shape index (κ2) is 8.70. The van der Waals surface area contributed by atoms with Crippen molar-refractivity contribution in [2.75, 3.05) is 19.1 Å². The van der Waals surface area contributed by atoms with Crippen LogP contribution < -0.4 is 10.1 Å². The Bertz CT molecular complexity index is 845. The number of benzene rings is 1. The van der Waals surface area contributed by atoms with Crippen LogP contribution in [0.4, 0.5) is 5.13 Å². The largest absolute Gasteiger partial charge is 0.466 e. The van der Waals surface area contributed by atoms with Crippen LogP contribution in [0.5, 0.6) is 0 Å². The standard InChI is InChI=1S/C15H18N4O4S2/c1-3-23-14(20)8-12-10-24-15(18-12)19-17-9-11-4-6-13(7-5-11)25(21,22)16-2/h4-7,9-10,16H,3,8H2,1-2H3,(H,18,19). The zero-order valence-electron chi connectivity index (χ0n) is 13.7. The molecule has 0 fully saturated rings. The summed E-state index contributed by atoms with van der Waals surface area (Å²) in [6, 6.07) is 6.27. The molecule has 0 amide bonds. The quantitative estimate of drug-likeness (QED) is 0.408. The molecule has 134 valence electrons. The molecule has 25 heavy (non-hydrogen) atoms. The lowest BCUT2D eigenvalue weighted by atomic mass is 10.2. The van der Waals surface area contributed by atoms with Crippen molar-refractivity contribution in [3.8, 4) is 0 Å². The third kappa shape index (κ3) is 5.62. The Labute approximate surface area is 150 Å². The number of esters is 1. The van der Waals surface area contributed by atoms with Crippen LogP contribution in [0.1, 0.15) is 18.2 Å². The van der Waals surface area contributed by atoms with Crippen LogP contribution in [0, 0.1) is 0 Å². The van der Waals surface area contributed by atoms with Gasteiger partial charge in [0.2, 0.25) is 15.2 Å². The highest BCUT2D eigenvalue weighted by Crippen LogP contribution is 2.16. The number of hydrogen-bond donors (Lipinski definition) is 2. The Balaban J connectivity index is 1.93. The van der Waals surface area contributed by atoms with E-state index in [9.17, 15) is 13.2 Å². The number of aromatic nitrogens is 1. The third-order valence-corrected chi connectivity index (χ3v) is 5.24. The number of anilines is 1. The first-order valence-corrected chi connectivity index (χ1v) is 9.73. The van der Waals surface area contributed by atoms with E-state index < -0.39 is 10.0 Å². The van der Waals surface area contributed by atoms with Gasteiger partial charge in [0, 0.05) is 5.38 Å². The number of sulfonamides is 1. The van der Waals surface area contributed by atoms with Crippen LogP contribution in [0.25, 0.3) is 0 Å². The number of hydrogen-bond acceptors (Lipinski definition) is 8. The van der Waals surface area contributed by atoms with Gasteiger partial charge in [0.25, 0.3) is 0 Å². The zero-order valence-corrected chi connectivity index (χ0v) is 15.4. The lowest BCUT2D eigenvalue weighted by Gasteiger charge is -2.02. The smallest absolute Gasteiger partial charge is 0.311 e. The highest BCUT2D eigenvalue weighted by molar-refractivity contribution is 7.89. The molecule has 1 heterocycles. The summed E-state index contributed by atoms with van der Waals surface area (Å²) in [6.07, 6.45) is 1.67.